The van der Waals surface area contributed by atoms with Gasteiger partial charge in [0.15, 0.2) is 0 Å². The van der Waals surface area contributed by atoms with E-state index in [4.69, 9.17) is 0 Å². The van der Waals surface area contributed by atoms with Gasteiger partial charge in [0.2, 0.25) is 0 Å². The van der Waals surface area contributed by atoms with E-state index in [0.29, 0.717) is 23.9 Å². The Balaban J connectivity index is 1.99. The van der Waals surface area contributed by atoms with Crippen LogP contribution in [0, 0.1) is 0 Å². The SMILES string of the molecule is CN(C)CCn1c(=O)c2cccc3c2c(cc2nc4c[nH]ccc4c23)c1=O. The van der Waals surface area contributed by atoms with Gasteiger partial charge in [-0.05, 0) is 37.7 Å². The Morgan fingerprint density at radius 1 is 0.963 bits per heavy atom. The van der Waals surface area contributed by atoms with E-state index in [-0.39, 0.29) is 11.1 Å². The van der Waals surface area contributed by atoms with Crippen LogP contribution in [0.4, 0.5) is 0 Å². The van der Waals surface area contributed by atoms with Crippen LogP contribution in [0.15, 0.2) is 52.3 Å². The Labute approximate surface area is 154 Å². The molecule has 0 fully saturated rings. The number of likely N-dealkylation sites (N-methyl/N-ethyl adjacent to an activating group) is 1. The van der Waals surface area contributed by atoms with Crippen molar-refractivity contribution in [1.82, 2.24) is 19.4 Å². The predicted molar refractivity (Wildman–Crippen MR) is 109 cm³/mol. The highest BCUT2D eigenvalue weighted by Gasteiger charge is 2.18. The summed E-state index contributed by atoms with van der Waals surface area (Å²) in [5, 5.41) is 4.79. The Bertz CT molecular complexity index is 1450. The zero-order valence-corrected chi connectivity index (χ0v) is 15.1. The first-order valence-corrected chi connectivity index (χ1v) is 8.89. The van der Waals surface area contributed by atoms with E-state index in [1.165, 1.54) is 4.57 Å². The van der Waals surface area contributed by atoms with Gasteiger partial charge in [-0.1, -0.05) is 12.1 Å². The van der Waals surface area contributed by atoms with Crippen molar-refractivity contribution in [2.45, 2.75) is 6.54 Å². The van der Waals surface area contributed by atoms with Crippen LogP contribution in [-0.2, 0) is 6.54 Å². The summed E-state index contributed by atoms with van der Waals surface area (Å²) in [6, 6.07) is 9.47. The summed E-state index contributed by atoms with van der Waals surface area (Å²) in [6.45, 7) is 0.989. The highest BCUT2D eigenvalue weighted by Crippen LogP contribution is 2.35. The quantitative estimate of drug-likeness (QED) is 0.538. The van der Waals surface area contributed by atoms with E-state index in [1.807, 2.05) is 55.7 Å². The van der Waals surface area contributed by atoms with Crippen molar-refractivity contribution >= 4 is 43.4 Å². The largest absolute Gasteiger partial charge is 0.366 e. The molecule has 0 aliphatic rings. The van der Waals surface area contributed by atoms with Crippen LogP contribution in [0.3, 0.4) is 0 Å². The molecule has 2 aromatic carbocycles. The molecule has 6 nitrogen and oxygen atoms in total. The number of benzene rings is 2. The minimum atomic E-state index is -0.244. The van der Waals surface area contributed by atoms with Crippen LogP contribution < -0.4 is 11.1 Å². The third-order valence-corrected chi connectivity index (χ3v) is 5.21. The summed E-state index contributed by atoms with van der Waals surface area (Å²) >= 11 is 0. The van der Waals surface area contributed by atoms with Crippen LogP contribution in [0.5, 0.6) is 0 Å². The first-order valence-electron chi connectivity index (χ1n) is 8.89. The van der Waals surface area contributed by atoms with Crippen LogP contribution in [0.2, 0.25) is 0 Å². The van der Waals surface area contributed by atoms with Gasteiger partial charge < -0.3 is 9.88 Å². The van der Waals surface area contributed by atoms with E-state index in [1.54, 1.807) is 6.07 Å². The fourth-order valence-electron chi connectivity index (χ4n) is 3.93. The summed E-state index contributed by atoms with van der Waals surface area (Å²) in [6.07, 6.45) is 3.71. The van der Waals surface area contributed by atoms with Crippen molar-refractivity contribution in [3.05, 3.63) is 63.4 Å². The molecule has 6 heteroatoms. The number of aromatic nitrogens is 3. The maximum Gasteiger partial charge on any atom is 0.261 e. The fraction of sp³-hybridized carbons (Fsp3) is 0.190. The number of pyridine rings is 2. The van der Waals surface area contributed by atoms with E-state index in [2.05, 4.69) is 9.97 Å². The van der Waals surface area contributed by atoms with Gasteiger partial charge in [-0.2, -0.15) is 0 Å². The van der Waals surface area contributed by atoms with E-state index < -0.39 is 0 Å². The molecule has 27 heavy (non-hydrogen) atoms. The number of fused-ring (bicyclic) bond motifs is 4. The topological polar surface area (TPSA) is 71.0 Å². The number of hydrogen-bond donors (Lipinski definition) is 1. The molecule has 0 spiro atoms. The lowest BCUT2D eigenvalue weighted by Gasteiger charge is -2.13. The van der Waals surface area contributed by atoms with Crippen molar-refractivity contribution < 1.29 is 0 Å². The van der Waals surface area contributed by atoms with E-state index >= 15 is 0 Å². The molecule has 0 amide bonds. The molecule has 5 rings (SSSR count). The molecule has 5 aromatic rings. The minimum Gasteiger partial charge on any atom is -0.366 e. The molecule has 0 unspecified atom stereocenters. The Morgan fingerprint density at radius 2 is 1.74 bits per heavy atom. The molecule has 0 atom stereocenters. The lowest BCUT2D eigenvalue weighted by Crippen LogP contribution is -2.36. The van der Waals surface area contributed by atoms with Gasteiger partial charge in [-0.25, -0.2) is 4.98 Å². The van der Waals surface area contributed by atoms with Crippen molar-refractivity contribution in [3.63, 3.8) is 0 Å². The molecule has 0 aliphatic heterocycles. The maximum absolute atomic E-state index is 13.1. The average Bonchev–Trinajstić information content (AvgIpc) is 3.04. The molecule has 0 aliphatic carbocycles. The van der Waals surface area contributed by atoms with Crippen molar-refractivity contribution in [3.8, 4) is 0 Å². The standard InChI is InChI=1S/C21H18N4O2/c1-24(2)8-9-25-20(26)14-5-3-4-13-18(14)15(21(25)27)10-16-19(13)12-6-7-22-11-17(12)23-16/h3-7,10-11,22H,8-9H2,1-2H3. The average molecular weight is 358 g/mol. The summed E-state index contributed by atoms with van der Waals surface area (Å²) in [7, 11) is 3.85. The van der Waals surface area contributed by atoms with Crippen LogP contribution in [0.25, 0.3) is 43.4 Å². The second kappa shape index (κ2) is 5.62. The number of hydrogen-bond acceptors (Lipinski definition) is 4. The zero-order valence-electron chi connectivity index (χ0n) is 15.1. The van der Waals surface area contributed by atoms with Gasteiger partial charge in [-0.3, -0.25) is 14.2 Å². The number of nitrogens with one attached hydrogen (secondary N) is 1. The van der Waals surface area contributed by atoms with Crippen LogP contribution in [-0.4, -0.2) is 40.1 Å². The molecule has 0 saturated carbocycles. The molecule has 3 heterocycles. The maximum atomic E-state index is 13.1. The number of nitrogens with zero attached hydrogens (tertiary/aromatic N) is 3. The minimum absolute atomic E-state index is 0.226. The van der Waals surface area contributed by atoms with E-state index in [0.717, 1.165) is 32.6 Å². The van der Waals surface area contributed by atoms with Gasteiger partial charge >= 0.3 is 0 Å². The molecule has 0 radical (unpaired) electrons. The van der Waals surface area contributed by atoms with Crippen LogP contribution in [0.1, 0.15) is 0 Å². The summed E-state index contributed by atoms with van der Waals surface area (Å²) in [5.74, 6) is 0. The second-order valence-corrected chi connectivity index (χ2v) is 7.17. The van der Waals surface area contributed by atoms with Crippen molar-refractivity contribution in [2.75, 3.05) is 20.6 Å². The smallest absolute Gasteiger partial charge is 0.261 e. The van der Waals surface area contributed by atoms with Gasteiger partial charge in [-0.15, -0.1) is 0 Å². The summed E-state index contributed by atoms with van der Waals surface area (Å²) in [4.78, 5) is 35.9. The van der Waals surface area contributed by atoms with Gasteiger partial charge in [0.05, 0.1) is 16.4 Å². The number of H-pyrrole nitrogens is 1. The molecular weight excluding hydrogens is 340 g/mol. The lowest BCUT2D eigenvalue weighted by molar-refractivity contribution is 0.379. The summed E-state index contributed by atoms with van der Waals surface area (Å²) < 4.78 is 1.35. The Morgan fingerprint density at radius 3 is 2.56 bits per heavy atom. The first kappa shape index (κ1) is 16.0. The molecule has 0 saturated heterocycles. The van der Waals surface area contributed by atoms with Gasteiger partial charge in [0, 0.05) is 47.0 Å². The molecule has 0 bridgehead atoms. The third kappa shape index (κ3) is 2.20. The van der Waals surface area contributed by atoms with E-state index in [9.17, 15) is 9.59 Å². The van der Waals surface area contributed by atoms with Crippen molar-refractivity contribution in [2.24, 2.45) is 0 Å². The second-order valence-electron chi connectivity index (χ2n) is 7.17. The predicted octanol–water partition coefficient (Wildman–Crippen LogP) is 2.54. The van der Waals surface area contributed by atoms with Gasteiger partial charge in [0.25, 0.3) is 11.1 Å². The first-order chi connectivity index (χ1) is 13.1. The molecule has 1 N–H and O–H groups in total. The Kier molecular flexibility index (Phi) is 3.32. The zero-order chi connectivity index (χ0) is 18.7. The monoisotopic (exact) mass is 358 g/mol. The highest BCUT2D eigenvalue weighted by molar-refractivity contribution is 6.27. The fourth-order valence-corrected chi connectivity index (χ4v) is 3.93. The Hall–Kier alpha value is -3.25. The van der Waals surface area contributed by atoms with Gasteiger partial charge in [0.1, 0.15) is 0 Å². The summed E-state index contributed by atoms with van der Waals surface area (Å²) in [5.41, 5.74) is 1.15. The highest BCUT2D eigenvalue weighted by atomic mass is 16.2. The molecule has 3 aromatic heterocycles. The number of rotatable bonds is 3. The van der Waals surface area contributed by atoms with Crippen LogP contribution >= 0.6 is 0 Å². The van der Waals surface area contributed by atoms with Crippen molar-refractivity contribution in [1.29, 1.82) is 0 Å². The third-order valence-electron chi connectivity index (χ3n) is 5.21. The normalized spacial score (nSPS) is 12.3. The number of aromatic amines is 1. The molecule has 134 valence electrons. The molecular formula is C21H18N4O2. The lowest BCUT2D eigenvalue weighted by atomic mass is 9.98.